The number of carbonyl (C=O) groups excluding carboxylic acids is 1. The number of esters is 1. The van der Waals surface area contributed by atoms with Gasteiger partial charge in [0.25, 0.3) is 0 Å². The van der Waals surface area contributed by atoms with Crippen LogP contribution in [0.15, 0.2) is 0 Å². The Morgan fingerprint density at radius 3 is 0.868 bits per heavy atom. The van der Waals surface area contributed by atoms with Gasteiger partial charge < -0.3 is 61.6 Å². The summed E-state index contributed by atoms with van der Waals surface area (Å²) in [6, 6.07) is 0. The number of hydrogen-bond donors (Lipinski definition) is 0. The fraction of sp³-hybridized carbons (Fsp3) is 0.735. The Bertz CT molecular complexity index is 1070. The summed E-state index contributed by atoms with van der Waals surface area (Å²) in [5.74, 6) is -11.8. The highest BCUT2D eigenvalue weighted by Gasteiger charge is 2.28. The predicted molar refractivity (Wildman–Crippen MR) is 175 cm³/mol. The van der Waals surface area contributed by atoms with Crippen LogP contribution in [-0.2, 0) is 61.6 Å². The third-order valence-corrected chi connectivity index (χ3v) is 6.11. The lowest BCUT2D eigenvalue weighted by Crippen LogP contribution is -2.16. The molecule has 19 heteroatoms. The predicted octanol–water partition coefficient (Wildman–Crippen LogP) is 2.51. The Kier molecular flexibility index (Phi) is 32.1. The molecule has 0 aliphatic rings. The molecule has 0 radical (unpaired) electrons. The molecule has 0 bridgehead atoms. The first-order chi connectivity index (χ1) is 25.9. The lowest BCUT2D eigenvalue weighted by molar-refractivity contribution is -0.136. The molecule has 0 N–H and O–H groups in total. The lowest BCUT2D eigenvalue weighted by Gasteiger charge is -2.09. The van der Waals surface area contributed by atoms with Crippen molar-refractivity contribution < 1.29 is 88.3 Å². The molecule has 0 amide bonds. The third-order valence-electron chi connectivity index (χ3n) is 6.11. The number of ether oxygens (including phenoxy) is 13. The van der Waals surface area contributed by atoms with Crippen molar-refractivity contribution in [2.75, 3.05) is 159 Å². The van der Waals surface area contributed by atoms with Crippen molar-refractivity contribution >= 4 is 5.97 Å². The summed E-state index contributed by atoms with van der Waals surface area (Å²) in [5.41, 5.74) is 0. The highest BCUT2D eigenvalue weighted by Crippen LogP contribution is 2.29. The maximum atomic E-state index is 13.5. The molecule has 0 heterocycles. The number of hydrogen-bond acceptors (Lipinski definition) is 14. The van der Waals surface area contributed by atoms with E-state index in [1.165, 1.54) is 0 Å². The van der Waals surface area contributed by atoms with Gasteiger partial charge in [-0.05, 0) is 0 Å². The topological polar surface area (TPSA) is 137 Å². The first-order valence-electron chi connectivity index (χ1n) is 17.0. The van der Waals surface area contributed by atoms with E-state index in [4.69, 9.17) is 63.3 Å². The fourth-order valence-corrected chi connectivity index (χ4v) is 3.54. The molecule has 0 fully saturated rings. The van der Waals surface area contributed by atoms with Crippen LogP contribution in [0.3, 0.4) is 0 Å². The molecule has 306 valence electrons. The summed E-state index contributed by atoms with van der Waals surface area (Å²) in [4.78, 5) is 11.6. The number of rotatable bonds is 38. The quantitative estimate of drug-likeness (QED) is 0.0185. The monoisotopic (exact) mass is 778 g/mol. The number of terminal acetylenes is 1. The largest absolute Gasteiger partial charge is 0.420 e. The van der Waals surface area contributed by atoms with Crippen LogP contribution in [0.2, 0.25) is 0 Å². The van der Waals surface area contributed by atoms with Crippen molar-refractivity contribution in [2.45, 2.75) is 6.42 Å². The molecule has 0 spiro atoms. The summed E-state index contributed by atoms with van der Waals surface area (Å²) in [6.45, 7) is 8.88. The SMILES string of the molecule is C#CCOCCOCCOCCOCCOCCOCCOCCOCCOCCOCCOCCOCCC(=O)Oc1c(F)c(F)c(F)c(F)c1F. The zero-order chi connectivity index (χ0) is 38.6. The van der Waals surface area contributed by atoms with E-state index in [2.05, 4.69) is 10.7 Å². The Hall–Kier alpha value is -2.58. The minimum absolute atomic E-state index is 0.0774. The fourth-order valence-electron chi connectivity index (χ4n) is 3.54. The molecule has 0 aliphatic heterocycles. The minimum Gasteiger partial charge on any atom is -0.420 e. The van der Waals surface area contributed by atoms with Crippen molar-refractivity contribution in [3.8, 4) is 18.1 Å². The standard InChI is InChI=1S/C34H51F5O14/c1-2-4-41-6-8-43-10-12-45-14-16-47-18-20-49-22-24-51-26-27-52-25-23-50-21-19-48-17-15-46-13-11-44-9-7-42-5-3-28(40)53-34-32(38)30(36)29(35)31(37)33(34)39/h1H,3-27H2. The van der Waals surface area contributed by atoms with Crippen LogP contribution in [0.25, 0.3) is 0 Å². The van der Waals surface area contributed by atoms with E-state index in [1.54, 1.807) is 0 Å². The molecule has 0 aromatic heterocycles. The maximum Gasteiger partial charge on any atom is 0.313 e. The molecular weight excluding hydrogens is 727 g/mol. The van der Waals surface area contributed by atoms with Gasteiger partial charge in [0.2, 0.25) is 34.8 Å². The second kappa shape index (κ2) is 35.1. The van der Waals surface area contributed by atoms with Gasteiger partial charge in [0.1, 0.15) is 6.61 Å². The van der Waals surface area contributed by atoms with E-state index in [9.17, 15) is 26.7 Å². The summed E-state index contributed by atoms with van der Waals surface area (Å²) < 4.78 is 135. The van der Waals surface area contributed by atoms with Gasteiger partial charge in [-0.1, -0.05) is 5.92 Å². The van der Waals surface area contributed by atoms with E-state index in [0.717, 1.165) is 0 Å². The van der Waals surface area contributed by atoms with Crippen molar-refractivity contribution in [2.24, 2.45) is 0 Å². The summed E-state index contributed by atoms with van der Waals surface area (Å²) >= 11 is 0. The zero-order valence-corrected chi connectivity index (χ0v) is 29.9. The van der Waals surface area contributed by atoms with Gasteiger partial charge in [0.15, 0.2) is 0 Å². The molecule has 0 saturated carbocycles. The Balaban J connectivity index is 1.72. The average Bonchev–Trinajstić information content (AvgIpc) is 3.16. The lowest BCUT2D eigenvalue weighted by atomic mass is 10.2. The highest BCUT2D eigenvalue weighted by molar-refractivity contribution is 5.72. The summed E-state index contributed by atoms with van der Waals surface area (Å²) in [6.07, 6.45) is 4.58. The number of benzene rings is 1. The Morgan fingerprint density at radius 1 is 0.377 bits per heavy atom. The molecule has 1 aromatic rings. The van der Waals surface area contributed by atoms with E-state index in [-0.39, 0.29) is 33.0 Å². The van der Waals surface area contributed by atoms with Crippen LogP contribution in [0.5, 0.6) is 5.75 Å². The minimum atomic E-state index is -2.35. The molecule has 1 aromatic carbocycles. The summed E-state index contributed by atoms with van der Waals surface area (Å²) in [5, 5.41) is 0. The van der Waals surface area contributed by atoms with Gasteiger partial charge in [0, 0.05) is 0 Å². The molecule has 0 aliphatic carbocycles. The van der Waals surface area contributed by atoms with Gasteiger partial charge in [-0.2, -0.15) is 8.78 Å². The average molecular weight is 779 g/mol. The van der Waals surface area contributed by atoms with Crippen LogP contribution < -0.4 is 4.74 Å². The van der Waals surface area contributed by atoms with Crippen LogP contribution in [0, 0.1) is 41.4 Å². The second-order valence-electron chi connectivity index (χ2n) is 10.1. The maximum absolute atomic E-state index is 13.5. The van der Waals surface area contributed by atoms with E-state index in [1.807, 2.05) is 0 Å². The molecule has 0 atom stereocenters. The van der Waals surface area contributed by atoms with E-state index < -0.39 is 47.2 Å². The van der Waals surface area contributed by atoms with Crippen molar-refractivity contribution in [3.63, 3.8) is 0 Å². The smallest absolute Gasteiger partial charge is 0.313 e. The van der Waals surface area contributed by atoms with Gasteiger partial charge in [-0.15, -0.1) is 6.42 Å². The normalized spacial score (nSPS) is 11.3. The Labute approximate surface area is 306 Å². The number of halogens is 5. The first kappa shape index (κ1) is 48.4. The van der Waals surface area contributed by atoms with Crippen molar-refractivity contribution in [3.05, 3.63) is 29.1 Å². The molecule has 1 rings (SSSR count). The molecule has 53 heavy (non-hydrogen) atoms. The van der Waals surface area contributed by atoms with Crippen molar-refractivity contribution in [1.29, 1.82) is 0 Å². The zero-order valence-electron chi connectivity index (χ0n) is 29.9. The molecule has 14 nitrogen and oxygen atoms in total. The van der Waals surface area contributed by atoms with Crippen LogP contribution >= 0.6 is 0 Å². The van der Waals surface area contributed by atoms with Gasteiger partial charge in [-0.25, -0.2) is 13.2 Å². The molecular formula is C34H51F5O14. The Morgan fingerprint density at radius 2 is 0.604 bits per heavy atom. The van der Waals surface area contributed by atoms with Gasteiger partial charge in [0.05, 0.1) is 158 Å². The van der Waals surface area contributed by atoms with E-state index in [0.29, 0.717) is 126 Å². The summed E-state index contributed by atoms with van der Waals surface area (Å²) in [7, 11) is 0. The second-order valence-corrected chi connectivity index (χ2v) is 10.1. The van der Waals surface area contributed by atoms with Crippen molar-refractivity contribution in [1.82, 2.24) is 0 Å². The molecule has 0 unspecified atom stereocenters. The van der Waals surface area contributed by atoms with E-state index >= 15 is 0 Å². The van der Waals surface area contributed by atoms with Crippen LogP contribution in [0.1, 0.15) is 6.42 Å². The van der Waals surface area contributed by atoms with Crippen LogP contribution in [-0.4, -0.2) is 165 Å². The van der Waals surface area contributed by atoms with Gasteiger partial charge in [-0.3, -0.25) is 4.79 Å². The number of carbonyl (C=O) groups is 1. The third kappa shape index (κ3) is 26.8. The van der Waals surface area contributed by atoms with Gasteiger partial charge >= 0.3 is 5.97 Å². The van der Waals surface area contributed by atoms with Crippen LogP contribution in [0.4, 0.5) is 22.0 Å². The molecule has 0 saturated heterocycles. The highest BCUT2D eigenvalue weighted by atomic mass is 19.2. The first-order valence-corrected chi connectivity index (χ1v) is 17.0.